The van der Waals surface area contributed by atoms with Gasteiger partial charge in [-0.05, 0) is 49.6 Å². The Balaban J connectivity index is 1.51. The summed E-state index contributed by atoms with van der Waals surface area (Å²) in [6, 6.07) is 15.9. The van der Waals surface area contributed by atoms with E-state index < -0.39 is 0 Å². The fourth-order valence-corrected chi connectivity index (χ4v) is 4.97. The molecular weight excluding hydrogens is 422 g/mol. The van der Waals surface area contributed by atoms with Gasteiger partial charge < -0.3 is 14.6 Å². The number of aromatic nitrogens is 4. The van der Waals surface area contributed by atoms with Crippen molar-refractivity contribution in [2.24, 2.45) is 0 Å². The lowest BCUT2D eigenvalue weighted by atomic mass is 10.1. The zero-order chi connectivity index (χ0) is 21.9. The van der Waals surface area contributed by atoms with Crippen molar-refractivity contribution in [2.75, 3.05) is 26.0 Å². The van der Waals surface area contributed by atoms with Crippen LogP contribution in [0.3, 0.4) is 0 Å². The van der Waals surface area contributed by atoms with Crippen LogP contribution >= 0.6 is 11.8 Å². The van der Waals surface area contributed by atoms with Gasteiger partial charge in [0.2, 0.25) is 5.91 Å². The molecule has 2 aromatic carbocycles. The van der Waals surface area contributed by atoms with E-state index in [4.69, 9.17) is 4.74 Å². The van der Waals surface area contributed by atoms with E-state index in [1.54, 1.807) is 7.11 Å². The molecule has 1 amide bonds. The van der Waals surface area contributed by atoms with Crippen molar-refractivity contribution in [3.63, 3.8) is 0 Å². The van der Waals surface area contributed by atoms with Crippen LogP contribution in [0.1, 0.15) is 19.3 Å². The van der Waals surface area contributed by atoms with Crippen LogP contribution in [0.15, 0.2) is 59.9 Å². The van der Waals surface area contributed by atoms with Crippen LogP contribution in [-0.4, -0.2) is 56.5 Å². The third kappa shape index (κ3) is 3.98. The van der Waals surface area contributed by atoms with Gasteiger partial charge >= 0.3 is 0 Å². The first-order chi connectivity index (χ1) is 15.7. The summed E-state index contributed by atoms with van der Waals surface area (Å²) in [5.41, 5.74) is 2.93. The second-order valence-corrected chi connectivity index (χ2v) is 8.76. The van der Waals surface area contributed by atoms with Crippen LogP contribution in [0.4, 0.5) is 0 Å². The Morgan fingerprint density at radius 1 is 1.06 bits per heavy atom. The van der Waals surface area contributed by atoms with Crippen LogP contribution in [0.2, 0.25) is 0 Å². The van der Waals surface area contributed by atoms with Crippen molar-refractivity contribution in [1.82, 2.24) is 24.6 Å². The van der Waals surface area contributed by atoms with E-state index in [1.807, 2.05) is 58.1 Å². The van der Waals surface area contributed by atoms with E-state index in [2.05, 4.69) is 21.2 Å². The zero-order valence-electron chi connectivity index (χ0n) is 18.0. The number of piperidine rings is 1. The van der Waals surface area contributed by atoms with Gasteiger partial charge in [0.05, 0.1) is 12.9 Å². The highest BCUT2D eigenvalue weighted by Crippen LogP contribution is 2.33. The predicted octanol–water partition coefficient (Wildman–Crippen LogP) is 4.53. The van der Waals surface area contributed by atoms with E-state index in [0.29, 0.717) is 10.9 Å². The van der Waals surface area contributed by atoms with Crippen LogP contribution in [0.5, 0.6) is 5.75 Å². The number of para-hydroxylation sites is 1. The molecule has 0 spiro atoms. The highest BCUT2D eigenvalue weighted by Gasteiger charge is 2.22. The van der Waals surface area contributed by atoms with Gasteiger partial charge in [0.15, 0.2) is 11.0 Å². The molecule has 0 atom stereocenters. The molecule has 1 aliphatic heterocycles. The highest BCUT2D eigenvalue weighted by molar-refractivity contribution is 7.99. The molecule has 1 fully saturated rings. The Labute approximate surface area is 190 Å². The fourth-order valence-electron chi connectivity index (χ4n) is 4.12. The quantitative estimate of drug-likeness (QED) is 0.440. The number of carbonyl (C=O) groups is 1. The van der Waals surface area contributed by atoms with Crippen molar-refractivity contribution in [3.05, 3.63) is 54.7 Å². The maximum absolute atomic E-state index is 12.7. The Bertz CT molecular complexity index is 1220. The summed E-state index contributed by atoms with van der Waals surface area (Å²) in [7, 11) is 1.65. The molecule has 3 heterocycles. The number of benzene rings is 2. The van der Waals surface area contributed by atoms with E-state index >= 15 is 0 Å². The molecule has 7 nitrogen and oxygen atoms in total. The first-order valence-electron chi connectivity index (χ1n) is 10.8. The monoisotopic (exact) mass is 447 g/mol. The smallest absolute Gasteiger partial charge is 0.233 e. The van der Waals surface area contributed by atoms with Crippen LogP contribution in [0.25, 0.3) is 28.0 Å². The summed E-state index contributed by atoms with van der Waals surface area (Å²) in [5.74, 6) is 2.03. The summed E-state index contributed by atoms with van der Waals surface area (Å²) in [6.07, 6.45) is 5.34. The van der Waals surface area contributed by atoms with Gasteiger partial charge in [-0.3, -0.25) is 9.36 Å². The number of nitrogens with zero attached hydrogens (tertiary/aromatic N) is 4. The number of carbonyl (C=O) groups excluding carboxylic acids is 1. The molecule has 0 radical (unpaired) electrons. The van der Waals surface area contributed by atoms with E-state index in [-0.39, 0.29) is 5.91 Å². The number of rotatable bonds is 6. The number of amides is 1. The first kappa shape index (κ1) is 20.6. The summed E-state index contributed by atoms with van der Waals surface area (Å²) < 4.78 is 7.34. The van der Waals surface area contributed by atoms with Crippen LogP contribution in [-0.2, 0) is 4.79 Å². The molecule has 0 aliphatic carbocycles. The number of ether oxygens (including phenoxy) is 1. The minimum atomic E-state index is 0.160. The van der Waals surface area contributed by atoms with Gasteiger partial charge in [0.1, 0.15) is 5.75 Å². The highest BCUT2D eigenvalue weighted by atomic mass is 32.2. The molecule has 4 aromatic rings. The van der Waals surface area contributed by atoms with E-state index in [0.717, 1.165) is 59.7 Å². The molecule has 164 valence electrons. The first-order valence-corrected chi connectivity index (χ1v) is 11.8. The number of fused-ring (bicyclic) bond motifs is 1. The average Bonchev–Trinajstić information content (AvgIpc) is 3.47. The molecule has 32 heavy (non-hydrogen) atoms. The van der Waals surface area contributed by atoms with E-state index in [9.17, 15) is 4.79 Å². The second kappa shape index (κ2) is 9.08. The van der Waals surface area contributed by atoms with Gasteiger partial charge in [0.25, 0.3) is 0 Å². The standard InChI is InChI=1S/C24H25N5O2S/c1-31-18-11-9-17(10-12-18)29-23(20-15-25-21-8-4-3-7-19(20)21)26-27-24(29)32-16-22(30)28-13-5-2-6-14-28/h3-4,7-12,15,25H,2,5-6,13-14,16H2,1H3. The molecule has 5 rings (SSSR count). The largest absolute Gasteiger partial charge is 0.497 e. The summed E-state index contributed by atoms with van der Waals surface area (Å²) >= 11 is 1.43. The van der Waals surface area contributed by atoms with Gasteiger partial charge in [-0.2, -0.15) is 0 Å². The number of hydrogen-bond acceptors (Lipinski definition) is 5. The summed E-state index contributed by atoms with van der Waals surface area (Å²) in [6.45, 7) is 1.70. The number of methoxy groups -OCH3 is 1. The lowest BCUT2D eigenvalue weighted by Gasteiger charge is -2.26. The minimum absolute atomic E-state index is 0.160. The normalized spacial score (nSPS) is 14.1. The second-order valence-electron chi connectivity index (χ2n) is 7.82. The molecule has 8 heteroatoms. The molecule has 1 aliphatic rings. The molecule has 0 saturated carbocycles. The van der Waals surface area contributed by atoms with Crippen molar-refractivity contribution >= 4 is 28.6 Å². The number of H-pyrrole nitrogens is 1. The average molecular weight is 448 g/mol. The van der Waals surface area contributed by atoms with Crippen molar-refractivity contribution in [2.45, 2.75) is 24.4 Å². The third-order valence-electron chi connectivity index (χ3n) is 5.83. The van der Waals surface area contributed by atoms with Gasteiger partial charge in [0, 0.05) is 41.4 Å². The molecular formula is C24H25N5O2S. The topological polar surface area (TPSA) is 76.0 Å². The van der Waals surface area contributed by atoms with Crippen molar-refractivity contribution < 1.29 is 9.53 Å². The Morgan fingerprint density at radius 3 is 2.62 bits per heavy atom. The fraction of sp³-hybridized carbons (Fsp3) is 0.292. The number of thioether (sulfide) groups is 1. The zero-order valence-corrected chi connectivity index (χ0v) is 18.8. The van der Waals surface area contributed by atoms with Crippen LogP contribution < -0.4 is 4.74 Å². The Morgan fingerprint density at radius 2 is 1.84 bits per heavy atom. The van der Waals surface area contributed by atoms with Crippen molar-refractivity contribution in [3.8, 4) is 22.8 Å². The summed E-state index contributed by atoms with van der Waals surface area (Å²) in [4.78, 5) is 18.0. The minimum Gasteiger partial charge on any atom is -0.497 e. The maximum atomic E-state index is 12.7. The number of aromatic amines is 1. The van der Waals surface area contributed by atoms with Gasteiger partial charge in [-0.15, -0.1) is 10.2 Å². The SMILES string of the molecule is COc1ccc(-n2c(SCC(=O)N3CCCCC3)nnc2-c2c[nH]c3ccccc23)cc1. The molecule has 1 N–H and O–H groups in total. The number of nitrogens with one attached hydrogen (secondary N) is 1. The number of likely N-dealkylation sites (tertiary alicyclic amines) is 1. The number of hydrogen-bond donors (Lipinski definition) is 1. The van der Waals surface area contributed by atoms with Gasteiger partial charge in [-0.25, -0.2) is 0 Å². The maximum Gasteiger partial charge on any atom is 0.233 e. The Kier molecular flexibility index (Phi) is 5.85. The predicted molar refractivity (Wildman–Crippen MR) is 126 cm³/mol. The van der Waals surface area contributed by atoms with Gasteiger partial charge in [-0.1, -0.05) is 30.0 Å². The lowest BCUT2D eigenvalue weighted by molar-refractivity contribution is -0.129. The lowest BCUT2D eigenvalue weighted by Crippen LogP contribution is -2.36. The molecule has 0 unspecified atom stereocenters. The third-order valence-corrected chi connectivity index (χ3v) is 6.74. The van der Waals surface area contributed by atoms with Crippen molar-refractivity contribution in [1.29, 1.82) is 0 Å². The molecule has 2 aromatic heterocycles. The Hall–Kier alpha value is -3.26. The summed E-state index contributed by atoms with van der Waals surface area (Å²) in [5, 5.41) is 10.8. The molecule has 1 saturated heterocycles. The van der Waals surface area contributed by atoms with E-state index in [1.165, 1.54) is 18.2 Å². The van der Waals surface area contributed by atoms with Crippen LogP contribution in [0, 0.1) is 0 Å². The molecule has 0 bridgehead atoms.